The van der Waals surface area contributed by atoms with Crippen molar-refractivity contribution in [1.29, 1.82) is 0 Å². The van der Waals surface area contributed by atoms with Crippen molar-refractivity contribution in [3.63, 3.8) is 0 Å². The van der Waals surface area contributed by atoms with E-state index in [9.17, 15) is 13.2 Å². The van der Waals surface area contributed by atoms with Gasteiger partial charge >= 0.3 is 5.97 Å². The van der Waals surface area contributed by atoms with Crippen LogP contribution in [-0.2, 0) is 14.8 Å². The first-order valence-corrected chi connectivity index (χ1v) is 8.26. The molecule has 2 atom stereocenters. The Morgan fingerprint density at radius 2 is 2.14 bits per heavy atom. The fourth-order valence-corrected chi connectivity index (χ4v) is 3.70. The zero-order valence-electron chi connectivity index (χ0n) is 12.0. The fourth-order valence-electron chi connectivity index (χ4n) is 2.39. The molecule has 0 aromatic heterocycles. The molecule has 7 heteroatoms. The van der Waals surface area contributed by atoms with E-state index < -0.39 is 16.0 Å². The smallest absolute Gasteiger partial charge is 0.335 e. The Hall–Kier alpha value is -1.44. The highest BCUT2D eigenvalue weighted by molar-refractivity contribution is 7.89. The molecule has 0 bridgehead atoms. The molecule has 2 unspecified atom stereocenters. The maximum absolute atomic E-state index is 12.3. The standard InChI is InChI=1S/C14H19NO5S/c1-9-3-4-12(8-13(9)14(16)17)21(18,19)15-11-5-6-20-10(2)7-11/h3-4,8,10-11,15H,5-7H2,1-2H3,(H,16,17). The number of carbonyl (C=O) groups is 1. The number of rotatable bonds is 4. The molecule has 0 spiro atoms. The molecule has 6 nitrogen and oxygen atoms in total. The van der Waals surface area contributed by atoms with E-state index in [0.717, 1.165) is 0 Å². The topological polar surface area (TPSA) is 92.7 Å². The lowest BCUT2D eigenvalue weighted by molar-refractivity contribution is 0.0173. The number of aromatic carboxylic acids is 1. The number of benzene rings is 1. The summed E-state index contributed by atoms with van der Waals surface area (Å²) in [6.07, 6.45) is 1.23. The van der Waals surface area contributed by atoms with E-state index in [0.29, 0.717) is 25.0 Å². The summed E-state index contributed by atoms with van der Waals surface area (Å²) in [5.41, 5.74) is 0.527. The zero-order chi connectivity index (χ0) is 15.6. The van der Waals surface area contributed by atoms with Gasteiger partial charge in [0.1, 0.15) is 0 Å². The molecule has 1 aromatic rings. The molecule has 1 fully saturated rings. The van der Waals surface area contributed by atoms with E-state index in [-0.39, 0.29) is 22.6 Å². The lowest BCUT2D eigenvalue weighted by Gasteiger charge is -2.27. The lowest BCUT2D eigenvalue weighted by Crippen LogP contribution is -2.41. The van der Waals surface area contributed by atoms with Crippen LogP contribution in [0.3, 0.4) is 0 Å². The van der Waals surface area contributed by atoms with E-state index >= 15 is 0 Å². The van der Waals surface area contributed by atoms with Gasteiger partial charge in [-0.3, -0.25) is 0 Å². The van der Waals surface area contributed by atoms with Crippen LogP contribution in [0.4, 0.5) is 0 Å². The molecule has 21 heavy (non-hydrogen) atoms. The van der Waals surface area contributed by atoms with Gasteiger partial charge in [0, 0.05) is 12.6 Å². The average Bonchev–Trinajstić information content (AvgIpc) is 2.38. The molecule has 1 saturated heterocycles. The number of ether oxygens (including phenoxy) is 1. The first kappa shape index (κ1) is 15.9. The zero-order valence-corrected chi connectivity index (χ0v) is 12.8. The maximum Gasteiger partial charge on any atom is 0.335 e. The molecule has 116 valence electrons. The normalized spacial score (nSPS) is 23.0. The third kappa shape index (κ3) is 3.81. The van der Waals surface area contributed by atoms with Crippen LogP contribution < -0.4 is 4.72 Å². The lowest BCUT2D eigenvalue weighted by atomic mass is 10.1. The molecule has 1 aromatic carbocycles. The predicted molar refractivity (Wildman–Crippen MR) is 76.9 cm³/mol. The second-order valence-corrected chi connectivity index (χ2v) is 7.02. The van der Waals surface area contributed by atoms with Crippen LogP contribution in [-0.4, -0.2) is 38.2 Å². The van der Waals surface area contributed by atoms with Gasteiger partial charge in [0.15, 0.2) is 0 Å². The monoisotopic (exact) mass is 313 g/mol. The Kier molecular flexibility index (Phi) is 4.65. The Bertz CT molecular complexity index is 641. The van der Waals surface area contributed by atoms with Crippen LogP contribution in [0.2, 0.25) is 0 Å². The minimum absolute atomic E-state index is 0.00165. The molecule has 2 rings (SSSR count). The van der Waals surface area contributed by atoms with E-state index in [4.69, 9.17) is 9.84 Å². The van der Waals surface area contributed by atoms with Gasteiger partial charge in [-0.25, -0.2) is 17.9 Å². The van der Waals surface area contributed by atoms with Crippen molar-refractivity contribution in [2.24, 2.45) is 0 Å². The van der Waals surface area contributed by atoms with Crippen LogP contribution >= 0.6 is 0 Å². The van der Waals surface area contributed by atoms with Crippen molar-refractivity contribution >= 4 is 16.0 Å². The second-order valence-electron chi connectivity index (χ2n) is 5.31. The molecule has 1 heterocycles. The summed E-state index contributed by atoms with van der Waals surface area (Å²) in [7, 11) is -3.72. The maximum atomic E-state index is 12.3. The largest absolute Gasteiger partial charge is 0.478 e. The van der Waals surface area contributed by atoms with Gasteiger partial charge in [0.05, 0.1) is 16.6 Å². The van der Waals surface area contributed by atoms with Crippen molar-refractivity contribution in [2.75, 3.05) is 6.61 Å². The SMILES string of the molecule is Cc1ccc(S(=O)(=O)NC2CCOC(C)C2)cc1C(=O)O. The van der Waals surface area contributed by atoms with E-state index in [2.05, 4.69) is 4.72 Å². The van der Waals surface area contributed by atoms with Crippen molar-refractivity contribution in [3.8, 4) is 0 Å². The third-order valence-corrected chi connectivity index (χ3v) is 5.07. The van der Waals surface area contributed by atoms with Crippen LogP contribution in [0, 0.1) is 6.92 Å². The highest BCUT2D eigenvalue weighted by atomic mass is 32.2. The first-order valence-electron chi connectivity index (χ1n) is 6.77. The summed E-state index contributed by atoms with van der Waals surface area (Å²) in [6, 6.07) is 3.94. The number of nitrogens with one attached hydrogen (secondary N) is 1. The molecule has 0 radical (unpaired) electrons. The van der Waals surface area contributed by atoms with Gasteiger partial charge in [-0.1, -0.05) is 6.07 Å². The summed E-state index contributed by atoms with van der Waals surface area (Å²) < 4.78 is 32.7. The van der Waals surface area contributed by atoms with Crippen molar-refractivity contribution in [2.45, 2.75) is 43.7 Å². The molecule has 0 saturated carbocycles. The minimum Gasteiger partial charge on any atom is -0.478 e. The van der Waals surface area contributed by atoms with Crippen molar-refractivity contribution < 1.29 is 23.1 Å². The Morgan fingerprint density at radius 1 is 1.43 bits per heavy atom. The highest BCUT2D eigenvalue weighted by Crippen LogP contribution is 2.19. The van der Waals surface area contributed by atoms with Crippen LogP contribution in [0.1, 0.15) is 35.7 Å². The summed E-state index contributed by atoms with van der Waals surface area (Å²) in [6.45, 7) is 4.05. The van der Waals surface area contributed by atoms with E-state index in [1.807, 2.05) is 6.92 Å². The number of sulfonamides is 1. The molecule has 0 aliphatic carbocycles. The van der Waals surface area contributed by atoms with Crippen LogP contribution in [0.15, 0.2) is 23.1 Å². The van der Waals surface area contributed by atoms with Gasteiger partial charge in [-0.05, 0) is 44.4 Å². The first-order chi connectivity index (χ1) is 9.79. The Balaban J connectivity index is 2.23. The van der Waals surface area contributed by atoms with E-state index in [1.54, 1.807) is 6.92 Å². The molecule has 1 aliphatic heterocycles. The molecule has 0 amide bonds. The quantitative estimate of drug-likeness (QED) is 0.879. The highest BCUT2D eigenvalue weighted by Gasteiger charge is 2.25. The van der Waals surface area contributed by atoms with Crippen molar-refractivity contribution in [1.82, 2.24) is 4.72 Å². The molecule has 1 aliphatic rings. The second kappa shape index (κ2) is 6.13. The summed E-state index contributed by atoms with van der Waals surface area (Å²) in [4.78, 5) is 11.1. The summed E-state index contributed by atoms with van der Waals surface area (Å²) in [5.74, 6) is -1.13. The minimum atomic E-state index is -3.72. The Labute approximate surface area is 124 Å². The number of carboxylic acids is 1. The summed E-state index contributed by atoms with van der Waals surface area (Å²) in [5, 5.41) is 9.08. The third-order valence-electron chi connectivity index (χ3n) is 3.56. The number of aryl methyl sites for hydroxylation is 1. The molecular weight excluding hydrogens is 294 g/mol. The van der Waals surface area contributed by atoms with Gasteiger partial charge in [0.25, 0.3) is 0 Å². The van der Waals surface area contributed by atoms with Crippen LogP contribution in [0.25, 0.3) is 0 Å². The van der Waals surface area contributed by atoms with Gasteiger partial charge in [-0.15, -0.1) is 0 Å². The molecular formula is C14H19NO5S. The van der Waals surface area contributed by atoms with E-state index in [1.165, 1.54) is 18.2 Å². The van der Waals surface area contributed by atoms with Crippen LogP contribution in [0.5, 0.6) is 0 Å². The summed E-state index contributed by atoms with van der Waals surface area (Å²) >= 11 is 0. The van der Waals surface area contributed by atoms with Gasteiger partial charge in [-0.2, -0.15) is 0 Å². The van der Waals surface area contributed by atoms with Gasteiger partial charge < -0.3 is 9.84 Å². The Morgan fingerprint density at radius 3 is 2.76 bits per heavy atom. The number of carboxylic acid groups (broad SMARTS) is 1. The molecule has 2 N–H and O–H groups in total. The van der Waals surface area contributed by atoms with Crippen molar-refractivity contribution in [3.05, 3.63) is 29.3 Å². The average molecular weight is 313 g/mol. The number of hydrogen-bond donors (Lipinski definition) is 2. The fraction of sp³-hybridized carbons (Fsp3) is 0.500. The number of hydrogen-bond acceptors (Lipinski definition) is 4. The van der Waals surface area contributed by atoms with Gasteiger partial charge in [0.2, 0.25) is 10.0 Å². The predicted octanol–water partition coefficient (Wildman–Crippen LogP) is 1.54.